The number of carbonyl (C=O) groups excluding carboxylic acids is 3. The third kappa shape index (κ3) is 4.85. The fraction of sp³-hybridized carbons (Fsp3) is 0.303. The Morgan fingerprint density at radius 3 is 2.40 bits per heavy atom. The van der Waals surface area contributed by atoms with Crippen LogP contribution in [-0.4, -0.2) is 29.7 Å². The van der Waals surface area contributed by atoms with Gasteiger partial charge in [0.2, 0.25) is 5.91 Å². The van der Waals surface area contributed by atoms with E-state index in [-0.39, 0.29) is 23.9 Å². The van der Waals surface area contributed by atoms with Gasteiger partial charge in [-0.2, -0.15) is 0 Å². The summed E-state index contributed by atoms with van der Waals surface area (Å²) in [7, 11) is 0. The number of anilines is 1. The lowest BCUT2D eigenvalue weighted by atomic mass is 9.69. The highest BCUT2D eigenvalue weighted by Gasteiger charge is 2.49. The average Bonchev–Trinajstić information content (AvgIpc) is 3.61. The Morgan fingerprint density at radius 2 is 1.70 bits per heavy atom. The van der Waals surface area contributed by atoms with E-state index in [1.807, 2.05) is 43.3 Å². The smallest absolute Gasteiger partial charge is 0.262 e. The van der Waals surface area contributed by atoms with E-state index in [4.69, 9.17) is 21.9 Å². The third-order valence-electron chi connectivity index (χ3n) is 8.62. The van der Waals surface area contributed by atoms with Gasteiger partial charge in [-0.15, -0.1) is 11.3 Å². The summed E-state index contributed by atoms with van der Waals surface area (Å²) >= 11 is 1.22. The number of aryl methyl sites for hydroxylation is 1. The molecule has 0 radical (unpaired) electrons. The first-order chi connectivity index (χ1) is 20.6. The molecule has 1 saturated carbocycles. The molecule has 1 fully saturated rings. The normalized spacial score (nSPS) is 22.9. The molecule has 1 heterocycles. The van der Waals surface area contributed by atoms with Crippen LogP contribution in [0, 0.1) is 6.92 Å². The largest absolute Gasteiger partial charge is 0.457 e. The van der Waals surface area contributed by atoms with Crippen molar-refractivity contribution in [3.8, 4) is 11.5 Å². The number of ketones is 1. The van der Waals surface area contributed by atoms with Gasteiger partial charge in [-0.3, -0.25) is 14.4 Å². The molecule has 10 heteroatoms. The molecule has 0 saturated heterocycles. The van der Waals surface area contributed by atoms with E-state index in [1.165, 1.54) is 11.3 Å². The number of amides is 2. The van der Waals surface area contributed by atoms with Gasteiger partial charge in [0.15, 0.2) is 5.78 Å². The minimum absolute atomic E-state index is 0.0534. The molecule has 0 bridgehead atoms. The third-order valence-corrected chi connectivity index (χ3v) is 9.87. The second-order valence-electron chi connectivity index (χ2n) is 11.3. The van der Waals surface area contributed by atoms with Crippen molar-refractivity contribution in [2.75, 3.05) is 5.73 Å². The first kappa shape index (κ1) is 28.9. The molecular weight excluding hydrogens is 562 g/mol. The predicted molar refractivity (Wildman–Crippen MR) is 168 cm³/mol. The van der Waals surface area contributed by atoms with Crippen LogP contribution in [0.25, 0.3) is 10.1 Å². The number of ether oxygens (including phenoxy) is 1. The molecular formula is C33H35N5O4S. The van der Waals surface area contributed by atoms with Crippen molar-refractivity contribution in [3.63, 3.8) is 0 Å². The minimum Gasteiger partial charge on any atom is -0.457 e. The number of para-hydroxylation sites is 1. The molecule has 2 aliphatic rings. The summed E-state index contributed by atoms with van der Waals surface area (Å²) in [6, 6.07) is 16.8. The van der Waals surface area contributed by atoms with Crippen molar-refractivity contribution < 1.29 is 19.1 Å². The van der Waals surface area contributed by atoms with Crippen LogP contribution in [0.15, 0.2) is 60.7 Å². The van der Waals surface area contributed by atoms with Crippen LogP contribution in [0.3, 0.4) is 0 Å². The standard InChI is InChI=1S/C33H35N5O4S/c1-3-25(39)37-23-10-7-11-24(23)38-32(41)30-27-26-21(14-15-22(34)29(26)43-30)33(36,31(40)28(27)35)20-13-12-19(16-17(20)2)42-18-8-5-4-6-9-18/h4-6,8-9,12-16,23-24,28H,3,7,10-11,34-36H2,1-2H3,(H,37,39)(H,38,41)/t23-,24-,28?,33?/m0/s1. The first-order valence-electron chi connectivity index (χ1n) is 14.5. The molecule has 4 atom stereocenters. The van der Waals surface area contributed by atoms with Crippen molar-refractivity contribution in [3.05, 3.63) is 87.8 Å². The Morgan fingerprint density at radius 1 is 1.00 bits per heavy atom. The van der Waals surface area contributed by atoms with Gasteiger partial charge in [-0.05, 0) is 73.2 Å². The molecule has 222 valence electrons. The van der Waals surface area contributed by atoms with Crippen LogP contribution in [0.1, 0.15) is 70.6 Å². The number of hydrogen-bond acceptors (Lipinski definition) is 8. The van der Waals surface area contributed by atoms with Crippen molar-refractivity contribution in [2.45, 2.75) is 63.2 Å². The lowest BCUT2D eigenvalue weighted by Crippen LogP contribution is -2.53. The van der Waals surface area contributed by atoms with Crippen molar-refractivity contribution in [2.24, 2.45) is 11.5 Å². The van der Waals surface area contributed by atoms with Crippen LogP contribution >= 0.6 is 11.3 Å². The second-order valence-corrected chi connectivity index (χ2v) is 12.4. The highest BCUT2D eigenvalue weighted by Crippen LogP contribution is 2.50. The SMILES string of the molecule is CCC(=O)N[C@H]1CCC[C@@H]1NC(=O)c1sc2c(N)ccc3c2c1C(N)C(=O)C3(N)c1ccc(Oc2ccccc2)cc1C. The number of rotatable bonds is 7. The summed E-state index contributed by atoms with van der Waals surface area (Å²) in [5.41, 5.74) is 21.5. The van der Waals surface area contributed by atoms with Gasteiger partial charge < -0.3 is 32.6 Å². The van der Waals surface area contributed by atoms with E-state index in [9.17, 15) is 14.4 Å². The van der Waals surface area contributed by atoms with E-state index in [0.29, 0.717) is 55.3 Å². The fourth-order valence-corrected chi connectivity index (χ4v) is 7.65. The van der Waals surface area contributed by atoms with Gasteiger partial charge in [0, 0.05) is 35.1 Å². The molecule has 2 aliphatic carbocycles. The molecule has 43 heavy (non-hydrogen) atoms. The van der Waals surface area contributed by atoms with E-state index in [0.717, 1.165) is 24.8 Å². The van der Waals surface area contributed by atoms with Crippen molar-refractivity contribution in [1.29, 1.82) is 0 Å². The number of benzene rings is 3. The number of Topliss-reactive ketones (excluding diaryl/α,β-unsaturated/α-hetero) is 1. The van der Waals surface area contributed by atoms with Crippen LogP contribution in [0.2, 0.25) is 0 Å². The molecule has 6 rings (SSSR count). The Balaban J connectivity index is 1.40. The number of nitrogens with one attached hydrogen (secondary N) is 2. The number of nitrogen functional groups attached to an aromatic ring is 1. The average molecular weight is 598 g/mol. The van der Waals surface area contributed by atoms with Gasteiger partial charge in [-0.1, -0.05) is 37.3 Å². The van der Waals surface area contributed by atoms with Crippen LogP contribution in [-0.2, 0) is 15.1 Å². The maximum Gasteiger partial charge on any atom is 0.262 e. The first-order valence-corrected chi connectivity index (χ1v) is 15.3. The molecule has 0 spiro atoms. The Hall–Kier alpha value is -4.25. The quantitative estimate of drug-likeness (QED) is 0.195. The zero-order valence-corrected chi connectivity index (χ0v) is 24.9. The van der Waals surface area contributed by atoms with E-state index >= 15 is 0 Å². The van der Waals surface area contributed by atoms with Crippen LogP contribution in [0.4, 0.5) is 5.69 Å². The van der Waals surface area contributed by atoms with E-state index in [2.05, 4.69) is 10.6 Å². The number of carbonyl (C=O) groups is 3. The zero-order valence-electron chi connectivity index (χ0n) is 24.1. The summed E-state index contributed by atoms with van der Waals surface area (Å²) in [5, 5.41) is 6.76. The highest BCUT2D eigenvalue weighted by molar-refractivity contribution is 7.21. The summed E-state index contributed by atoms with van der Waals surface area (Å²) < 4.78 is 6.66. The minimum atomic E-state index is -1.57. The molecule has 8 N–H and O–H groups in total. The maximum absolute atomic E-state index is 14.2. The monoisotopic (exact) mass is 597 g/mol. The molecule has 1 aromatic heterocycles. The maximum atomic E-state index is 14.2. The molecule has 4 aromatic rings. The van der Waals surface area contributed by atoms with Gasteiger partial charge in [0.25, 0.3) is 5.91 Å². The molecule has 2 unspecified atom stereocenters. The molecule has 9 nitrogen and oxygen atoms in total. The number of thiophene rings is 1. The van der Waals surface area contributed by atoms with Crippen molar-refractivity contribution in [1.82, 2.24) is 10.6 Å². The summed E-state index contributed by atoms with van der Waals surface area (Å²) in [6.45, 7) is 3.68. The lowest BCUT2D eigenvalue weighted by Gasteiger charge is -2.37. The topological polar surface area (TPSA) is 163 Å². The highest BCUT2D eigenvalue weighted by atomic mass is 32.1. The van der Waals surface area contributed by atoms with E-state index < -0.39 is 17.4 Å². The van der Waals surface area contributed by atoms with Gasteiger partial charge in [0.1, 0.15) is 17.0 Å². The Kier molecular flexibility index (Phi) is 7.45. The van der Waals surface area contributed by atoms with Gasteiger partial charge in [-0.25, -0.2) is 0 Å². The molecule has 2 amide bonds. The predicted octanol–water partition coefficient (Wildman–Crippen LogP) is 4.55. The second kappa shape index (κ2) is 11.1. The van der Waals surface area contributed by atoms with Crippen molar-refractivity contribution >= 4 is 44.7 Å². The molecule has 0 aliphatic heterocycles. The zero-order chi connectivity index (χ0) is 30.5. The lowest BCUT2D eigenvalue weighted by molar-refractivity contribution is -0.125. The number of hydrogen-bond donors (Lipinski definition) is 5. The van der Waals surface area contributed by atoms with Gasteiger partial charge in [0.05, 0.1) is 15.6 Å². The summed E-state index contributed by atoms with van der Waals surface area (Å²) in [5.74, 6) is 0.505. The molecule has 3 aromatic carbocycles. The van der Waals surface area contributed by atoms with Crippen LogP contribution in [0.5, 0.6) is 11.5 Å². The Labute approximate surface area is 253 Å². The summed E-state index contributed by atoms with van der Waals surface area (Å²) in [6.07, 6.45) is 2.79. The van der Waals surface area contributed by atoms with Gasteiger partial charge >= 0.3 is 0 Å². The summed E-state index contributed by atoms with van der Waals surface area (Å²) in [4.78, 5) is 40.3. The Bertz CT molecular complexity index is 1750. The number of nitrogens with two attached hydrogens (primary N) is 3. The fourth-order valence-electron chi connectivity index (χ4n) is 6.44. The van der Waals surface area contributed by atoms with Crippen LogP contribution < -0.4 is 32.6 Å². The van der Waals surface area contributed by atoms with E-state index in [1.54, 1.807) is 31.2 Å².